The predicted molar refractivity (Wildman–Crippen MR) is 131 cm³/mol. The summed E-state index contributed by atoms with van der Waals surface area (Å²) in [4.78, 5) is 2.48. The second kappa shape index (κ2) is 8.57. The molecule has 0 aliphatic heterocycles. The normalized spacial score (nSPS) is 44.4. The standard InChI is InChI=1S/C29H51N/c1-20(2)9-8-10-21(3)25-13-14-26-24-12-11-22-19-23(30(6)7)15-17-28(22,4)27(24)16-18-29(25,26)5/h11,20-21,23-27H,8-10,12-19H2,1-7H3/t21-,23+,24+,25-,26+,27+,28+,29?/m1/s1. The van der Waals surface area contributed by atoms with E-state index in [1.54, 1.807) is 0 Å². The zero-order chi connectivity index (χ0) is 21.7. The van der Waals surface area contributed by atoms with Crippen LogP contribution in [-0.4, -0.2) is 25.0 Å². The van der Waals surface area contributed by atoms with Crippen LogP contribution in [0.3, 0.4) is 0 Å². The van der Waals surface area contributed by atoms with Crippen LogP contribution in [0.2, 0.25) is 0 Å². The van der Waals surface area contributed by atoms with Gasteiger partial charge in [-0.25, -0.2) is 0 Å². The Morgan fingerprint density at radius 1 is 0.967 bits per heavy atom. The van der Waals surface area contributed by atoms with E-state index in [9.17, 15) is 0 Å². The van der Waals surface area contributed by atoms with Crippen molar-refractivity contribution >= 4 is 0 Å². The van der Waals surface area contributed by atoms with Crippen LogP contribution in [0.25, 0.3) is 0 Å². The van der Waals surface area contributed by atoms with Crippen LogP contribution in [-0.2, 0) is 0 Å². The Morgan fingerprint density at radius 2 is 1.73 bits per heavy atom. The molecule has 3 saturated carbocycles. The molecular formula is C29H51N. The van der Waals surface area contributed by atoms with Crippen molar-refractivity contribution in [2.24, 2.45) is 46.3 Å². The number of rotatable bonds is 6. The van der Waals surface area contributed by atoms with Crippen LogP contribution in [0.4, 0.5) is 0 Å². The first kappa shape index (κ1) is 22.9. The minimum Gasteiger partial charge on any atom is -0.306 e. The van der Waals surface area contributed by atoms with Crippen molar-refractivity contribution in [3.63, 3.8) is 0 Å². The third kappa shape index (κ3) is 3.84. The largest absolute Gasteiger partial charge is 0.306 e. The molecule has 8 atom stereocenters. The summed E-state index contributed by atoms with van der Waals surface area (Å²) >= 11 is 0. The molecule has 0 heterocycles. The summed E-state index contributed by atoms with van der Waals surface area (Å²) in [6, 6.07) is 0.775. The zero-order valence-corrected chi connectivity index (χ0v) is 21.3. The number of allylic oxidation sites excluding steroid dienone is 1. The van der Waals surface area contributed by atoms with Gasteiger partial charge in [0.1, 0.15) is 0 Å². The Kier molecular flexibility index (Phi) is 6.53. The quantitative estimate of drug-likeness (QED) is 0.399. The van der Waals surface area contributed by atoms with Gasteiger partial charge >= 0.3 is 0 Å². The first-order valence-electron chi connectivity index (χ1n) is 13.5. The third-order valence-corrected chi connectivity index (χ3v) is 11.0. The zero-order valence-electron chi connectivity index (χ0n) is 21.3. The van der Waals surface area contributed by atoms with E-state index in [0.29, 0.717) is 10.8 Å². The molecule has 1 nitrogen and oxygen atoms in total. The van der Waals surface area contributed by atoms with Crippen molar-refractivity contribution in [3.8, 4) is 0 Å². The average molecular weight is 414 g/mol. The van der Waals surface area contributed by atoms with E-state index in [-0.39, 0.29) is 0 Å². The highest BCUT2D eigenvalue weighted by Crippen LogP contribution is 2.67. The number of hydrogen-bond donors (Lipinski definition) is 0. The maximum atomic E-state index is 2.75. The first-order valence-corrected chi connectivity index (χ1v) is 13.5. The van der Waals surface area contributed by atoms with E-state index in [0.717, 1.165) is 41.5 Å². The minimum absolute atomic E-state index is 0.512. The van der Waals surface area contributed by atoms with Crippen molar-refractivity contribution in [1.82, 2.24) is 4.90 Å². The van der Waals surface area contributed by atoms with E-state index in [2.05, 4.69) is 59.7 Å². The molecule has 0 spiro atoms. The lowest BCUT2D eigenvalue weighted by atomic mass is 9.47. The van der Waals surface area contributed by atoms with Gasteiger partial charge in [-0.1, -0.05) is 65.5 Å². The molecule has 0 saturated heterocycles. The molecule has 0 amide bonds. The molecular weight excluding hydrogens is 362 g/mol. The average Bonchev–Trinajstić information content (AvgIpc) is 3.04. The fourth-order valence-corrected chi connectivity index (χ4v) is 9.11. The molecule has 0 aromatic carbocycles. The highest BCUT2D eigenvalue weighted by Gasteiger charge is 2.59. The van der Waals surface area contributed by atoms with Gasteiger partial charge in [0, 0.05) is 6.04 Å². The number of fused-ring (bicyclic) bond motifs is 5. The lowest BCUT2D eigenvalue weighted by Gasteiger charge is -2.59. The molecule has 0 N–H and O–H groups in total. The van der Waals surface area contributed by atoms with Gasteiger partial charge in [-0.2, -0.15) is 0 Å². The Balaban J connectivity index is 1.48. The Hall–Kier alpha value is -0.300. The Morgan fingerprint density at radius 3 is 2.43 bits per heavy atom. The second-order valence-corrected chi connectivity index (χ2v) is 13.1. The molecule has 4 aliphatic rings. The third-order valence-electron chi connectivity index (χ3n) is 11.0. The Labute approximate surface area is 188 Å². The van der Waals surface area contributed by atoms with Crippen LogP contribution >= 0.6 is 0 Å². The SMILES string of the molecule is CC(C)CCC[C@@H](C)[C@H]1CC[C@H]2[C@@H]3CC=C4C[C@@H](N(C)C)CC[C@]4(C)[C@H]3CCC12C. The minimum atomic E-state index is 0.512. The predicted octanol–water partition coefficient (Wildman–Crippen LogP) is 7.96. The molecule has 1 heteroatoms. The van der Waals surface area contributed by atoms with Gasteiger partial charge in [-0.3, -0.25) is 0 Å². The van der Waals surface area contributed by atoms with Crippen molar-refractivity contribution in [2.45, 2.75) is 111 Å². The molecule has 0 aromatic rings. The van der Waals surface area contributed by atoms with Gasteiger partial charge in [0.15, 0.2) is 0 Å². The molecule has 4 aliphatic carbocycles. The van der Waals surface area contributed by atoms with Crippen molar-refractivity contribution < 1.29 is 0 Å². The van der Waals surface area contributed by atoms with E-state index in [1.807, 2.05) is 5.57 Å². The number of nitrogens with zero attached hydrogens (tertiary/aromatic N) is 1. The molecule has 1 unspecified atom stereocenters. The van der Waals surface area contributed by atoms with Crippen molar-refractivity contribution in [1.29, 1.82) is 0 Å². The molecule has 0 bridgehead atoms. The lowest BCUT2D eigenvalue weighted by molar-refractivity contribution is -0.0535. The van der Waals surface area contributed by atoms with E-state index in [1.165, 1.54) is 70.6 Å². The van der Waals surface area contributed by atoms with Gasteiger partial charge in [0.05, 0.1) is 0 Å². The molecule has 4 rings (SSSR count). The maximum Gasteiger partial charge on any atom is 0.0127 e. The maximum absolute atomic E-state index is 2.75. The summed E-state index contributed by atoms with van der Waals surface area (Å²) < 4.78 is 0. The fourth-order valence-electron chi connectivity index (χ4n) is 9.11. The molecule has 3 fully saturated rings. The van der Waals surface area contributed by atoms with Crippen molar-refractivity contribution in [3.05, 3.63) is 11.6 Å². The van der Waals surface area contributed by atoms with E-state index >= 15 is 0 Å². The summed E-state index contributed by atoms with van der Waals surface area (Å²) in [5.74, 6) is 5.71. The van der Waals surface area contributed by atoms with Crippen LogP contribution in [0.1, 0.15) is 105 Å². The highest BCUT2D eigenvalue weighted by atomic mass is 15.1. The highest BCUT2D eigenvalue weighted by molar-refractivity contribution is 5.26. The van der Waals surface area contributed by atoms with Gasteiger partial charge in [-0.15, -0.1) is 0 Å². The summed E-state index contributed by atoms with van der Waals surface area (Å²) in [6.07, 6.45) is 18.7. The summed E-state index contributed by atoms with van der Waals surface area (Å²) in [7, 11) is 4.57. The van der Waals surface area contributed by atoms with E-state index in [4.69, 9.17) is 0 Å². The van der Waals surface area contributed by atoms with Crippen LogP contribution < -0.4 is 0 Å². The molecule has 30 heavy (non-hydrogen) atoms. The monoisotopic (exact) mass is 413 g/mol. The first-order chi connectivity index (χ1) is 14.2. The smallest absolute Gasteiger partial charge is 0.0127 e. The summed E-state index contributed by atoms with van der Waals surface area (Å²) in [5, 5.41) is 0. The van der Waals surface area contributed by atoms with Gasteiger partial charge < -0.3 is 4.90 Å². The fraction of sp³-hybridized carbons (Fsp3) is 0.931. The molecule has 0 radical (unpaired) electrons. The molecule has 0 aromatic heterocycles. The Bertz CT molecular complexity index is 632. The van der Waals surface area contributed by atoms with E-state index < -0.39 is 0 Å². The van der Waals surface area contributed by atoms with Gasteiger partial charge in [-0.05, 0) is 112 Å². The van der Waals surface area contributed by atoms with Crippen LogP contribution in [0, 0.1) is 46.3 Å². The second-order valence-electron chi connectivity index (χ2n) is 13.1. The summed E-state index contributed by atoms with van der Waals surface area (Å²) in [6.45, 7) is 12.8. The lowest BCUT2D eigenvalue weighted by Crippen LogP contribution is -2.51. The van der Waals surface area contributed by atoms with Gasteiger partial charge in [0.2, 0.25) is 0 Å². The number of hydrogen-bond acceptors (Lipinski definition) is 1. The van der Waals surface area contributed by atoms with Crippen molar-refractivity contribution in [2.75, 3.05) is 14.1 Å². The molecule has 172 valence electrons. The van der Waals surface area contributed by atoms with Crippen LogP contribution in [0.5, 0.6) is 0 Å². The summed E-state index contributed by atoms with van der Waals surface area (Å²) in [5.41, 5.74) is 2.98. The van der Waals surface area contributed by atoms with Crippen LogP contribution in [0.15, 0.2) is 11.6 Å². The topological polar surface area (TPSA) is 3.24 Å². The van der Waals surface area contributed by atoms with Gasteiger partial charge in [0.25, 0.3) is 0 Å².